The Hall–Kier alpha value is 0.660. The first kappa shape index (κ1) is 13.7. The monoisotopic (exact) mass is 512 g/mol. The van der Waals surface area contributed by atoms with Gasteiger partial charge in [-0.2, -0.15) is 0 Å². The highest BCUT2D eigenvalue weighted by atomic mass is 127. The largest absolute Gasteiger partial charge is 0.423 e. The van der Waals surface area contributed by atoms with Crippen LogP contribution in [0.5, 0.6) is 5.75 Å². The Kier molecular flexibility index (Phi) is 5.86. The fourth-order valence-electron chi connectivity index (χ4n) is 0.732. The summed E-state index contributed by atoms with van der Waals surface area (Å²) in [6.45, 7) is 0. The summed E-state index contributed by atoms with van der Waals surface area (Å²) >= 11 is 12.8. The molecule has 0 aromatic heterocycles. The van der Waals surface area contributed by atoms with Crippen molar-refractivity contribution >= 4 is 78.7 Å². The highest BCUT2D eigenvalue weighted by Crippen LogP contribution is 2.26. The molecule has 0 spiro atoms. The van der Waals surface area contributed by atoms with Gasteiger partial charge in [-0.15, -0.1) is 0 Å². The highest BCUT2D eigenvalue weighted by molar-refractivity contribution is 14.1. The minimum Gasteiger partial charge on any atom is -0.423 e. The molecule has 0 aliphatic heterocycles. The van der Waals surface area contributed by atoms with Crippen LogP contribution >= 0.6 is 72.7 Å². The zero-order valence-electron chi connectivity index (χ0n) is 7.14. The van der Waals surface area contributed by atoms with E-state index in [2.05, 4.69) is 15.9 Å². The summed E-state index contributed by atoms with van der Waals surface area (Å²) in [5, 5.41) is 0.607. The van der Waals surface area contributed by atoms with Crippen LogP contribution in [0, 0.1) is 0 Å². The first-order chi connectivity index (χ1) is 7.00. The molecule has 2 nitrogen and oxygen atoms in total. The van der Waals surface area contributed by atoms with E-state index >= 15 is 0 Å². The number of rotatable bonds is 2. The first-order valence-corrected chi connectivity index (χ1v) is 7.02. The summed E-state index contributed by atoms with van der Waals surface area (Å²) < 4.78 is 6.32. The summed E-state index contributed by atoms with van der Waals surface area (Å²) in [6, 6.07) is 6.62. The van der Waals surface area contributed by atoms with E-state index in [0.717, 1.165) is 2.49 Å². The number of carbonyl (C=O) groups excluding carboxylic acids is 1. The smallest absolute Gasteiger partial charge is 0.351 e. The predicted octanol–water partition coefficient (Wildman–Crippen LogP) is 4.68. The fraction of sp³-hybridized carbons (Fsp3) is 0. The van der Waals surface area contributed by atoms with Crippen molar-refractivity contribution in [2.24, 2.45) is 0 Å². The summed E-state index contributed by atoms with van der Waals surface area (Å²) in [4.78, 5) is 11.5. The number of benzene rings is 1. The zero-order valence-corrected chi connectivity index (χ0v) is 13.8. The lowest BCUT2D eigenvalue weighted by atomic mass is 10.3. The Balaban J connectivity index is 2.75. The summed E-state index contributed by atoms with van der Waals surface area (Å²) in [7, 11) is 0. The van der Waals surface area contributed by atoms with Crippen molar-refractivity contribution in [1.82, 2.24) is 0 Å². The maximum atomic E-state index is 11.5. The molecule has 0 heterocycles. The Morgan fingerprint density at radius 3 is 2.27 bits per heavy atom. The quantitative estimate of drug-likeness (QED) is 0.249. The zero-order chi connectivity index (χ0) is 11.4. The van der Waals surface area contributed by atoms with Crippen LogP contribution in [-0.2, 0) is 4.79 Å². The van der Waals surface area contributed by atoms with Gasteiger partial charge >= 0.3 is 5.97 Å². The third-order valence-electron chi connectivity index (χ3n) is 1.37. The molecule has 0 fully saturated rings. The van der Waals surface area contributed by atoms with Crippen molar-refractivity contribution in [2.75, 3.05) is 0 Å². The van der Waals surface area contributed by atoms with Crippen LogP contribution in [0.4, 0.5) is 0 Å². The molecule has 80 valence electrons. The number of esters is 1. The van der Waals surface area contributed by atoms with E-state index in [1.54, 1.807) is 24.3 Å². The molecule has 0 atom stereocenters. The number of hydrogen-bond donors (Lipinski definition) is 0. The van der Waals surface area contributed by atoms with Gasteiger partial charge in [0.05, 0.1) is 2.49 Å². The molecule has 6 heteroatoms. The van der Waals surface area contributed by atoms with Gasteiger partial charge in [-0.05, 0) is 85.4 Å². The van der Waals surface area contributed by atoms with Gasteiger partial charge in [-0.3, -0.25) is 0 Å². The van der Waals surface area contributed by atoms with Gasteiger partial charge in [0.2, 0.25) is 0 Å². The third kappa shape index (κ3) is 4.58. The maximum Gasteiger partial charge on any atom is 0.351 e. The Morgan fingerprint density at radius 2 is 1.80 bits per heavy atom. The Bertz CT molecular complexity index is 399. The van der Waals surface area contributed by atoms with Gasteiger partial charge in [-0.25, -0.2) is 4.79 Å². The minimum atomic E-state index is -0.390. The van der Waals surface area contributed by atoms with Crippen molar-refractivity contribution in [1.29, 1.82) is 0 Å². The van der Waals surface area contributed by atoms with E-state index in [9.17, 15) is 4.79 Å². The second-order valence-electron chi connectivity index (χ2n) is 2.42. The molecular formula is C9H4BrClI2O2. The predicted molar refractivity (Wildman–Crippen MR) is 81.1 cm³/mol. The molecule has 1 rings (SSSR count). The molecule has 0 unspecified atom stereocenters. The molecule has 0 bridgehead atoms. The molecule has 0 aliphatic rings. The van der Waals surface area contributed by atoms with E-state index in [1.807, 2.05) is 45.2 Å². The Morgan fingerprint density at radius 1 is 1.27 bits per heavy atom. The number of ether oxygens (including phenoxy) is 1. The Labute approximate surface area is 128 Å². The van der Waals surface area contributed by atoms with E-state index in [0.29, 0.717) is 14.4 Å². The van der Waals surface area contributed by atoms with Gasteiger partial charge < -0.3 is 4.74 Å². The van der Waals surface area contributed by atoms with E-state index in [4.69, 9.17) is 16.3 Å². The topological polar surface area (TPSA) is 26.3 Å². The number of carbonyl (C=O) groups is 1. The van der Waals surface area contributed by atoms with Crippen LogP contribution in [-0.4, -0.2) is 5.97 Å². The maximum absolute atomic E-state index is 11.5. The van der Waals surface area contributed by atoms with Gasteiger partial charge in [0.15, 0.2) is 0 Å². The molecule has 0 amide bonds. The average molecular weight is 513 g/mol. The van der Waals surface area contributed by atoms with Crippen molar-refractivity contribution in [3.05, 3.63) is 35.4 Å². The van der Waals surface area contributed by atoms with Gasteiger partial charge in [0.1, 0.15) is 9.33 Å². The second-order valence-corrected chi connectivity index (χ2v) is 7.29. The van der Waals surface area contributed by atoms with Crippen LogP contribution in [0.2, 0.25) is 5.02 Å². The van der Waals surface area contributed by atoms with E-state index < -0.39 is 0 Å². The molecule has 1 aromatic rings. The molecule has 0 saturated heterocycles. The standard InChI is InChI=1S/C9H4BrClI2O2/c10-8(13)7(12)9(14)15-6-3-1-5(11)2-4-6/h1-4H/b8-7-. The minimum absolute atomic E-state index is 0.390. The van der Waals surface area contributed by atoms with E-state index in [1.165, 1.54) is 0 Å². The fourth-order valence-corrected chi connectivity index (χ4v) is 1.35. The van der Waals surface area contributed by atoms with Crippen LogP contribution in [0.1, 0.15) is 0 Å². The van der Waals surface area contributed by atoms with Crippen molar-refractivity contribution in [2.45, 2.75) is 0 Å². The first-order valence-electron chi connectivity index (χ1n) is 3.69. The van der Waals surface area contributed by atoms with Crippen LogP contribution < -0.4 is 4.74 Å². The summed E-state index contributed by atoms with van der Waals surface area (Å²) in [6.07, 6.45) is 0. The van der Waals surface area contributed by atoms with Gasteiger partial charge in [0, 0.05) is 5.02 Å². The van der Waals surface area contributed by atoms with Crippen molar-refractivity contribution in [3.8, 4) is 5.75 Å². The highest BCUT2D eigenvalue weighted by Gasteiger charge is 2.11. The lowest BCUT2D eigenvalue weighted by Gasteiger charge is -2.03. The molecule has 0 N–H and O–H groups in total. The van der Waals surface area contributed by atoms with Crippen molar-refractivity contribution < 1.29 is 9.53 Å². The normalized spacial score (nSPS) is 12.0. The summed E-state index contributed by atoms with van der Waals surface area (Å²) in [5.41, 5.74) is 0. The van der Waals surface area contributed by atoms with Gasteiger partial charge in [0.25, 0.3) is 0 Å². The molecule has 0 radical (unpaired) electrons. The molecular weight excluding hydrogens is 509 g/mol. The molecule has 0 saturated carbocycles. The third-order valence-corrected chi connectivity index (χ3v) is 5.31. The van der Waals surface area contributed by atoms with Crippen LogP contribution in [0.3, 0.4) is 0 Å². The number of halogens is 4. The molecule has 1 aromatic carbocycles. The lowest BCUT2D eigenvalue weighted by Crippen LogP contribution is -2.07. The summed E-state index contributed by atoms with van der Waals surface area (Å²) in [5.74, 6) is 0.0860. The number of hydrogen-bond acceptors (Lipinski definition) is 2. The van der Waals surface area contributed by atoms with Gasteiger partial charge in [-0.1, -0.05) is 11.6 Å². The SMILES string of the molecule is O=C(Oc1ccc(Cl)cc1)/C(I)=C(\Br)I. The van der Waals surface area contributed by atoms with Crippen molar-refractivity contribution in [3.63, 3.8) is 0 Å². The average Bonchev–Trinajstić information content (AvgIpc) is 2.20. The lowest BCUT2D eigenvalue weighted by molar-refractivity contribution is -0.129. The van der Waals surface area contributed by atoms with Crippen LogP contribution in [0.15, 0.2) is 30.3 Å². The molecule has 0 aliphatic carbocycles. The second kappa shape index (κ2) is 6.41. The molecule has 15 heavy (non-hydrogen) atoms. The van der Waals surface area contributed by atoms with Crippen LogP contribution in [0.25, 0.3) is 0 Å². The van der Waals surface area contributed by atoms with E-state index in [-0.39, 0.29) is 5.97 Å².